The van der Waals surface area contributed by atoms with E-state index in [2.05, 4.69) is 25.9 Å². The minimum atomic E-state index is -0.904. The van der Waals surface area contributed by atoms with E-state index in [1.54, 1.807) is 31.5 Å². The number of H-pyrrole nitrogens is 1. The van der Waals surface area contributed by atoms with Gasteiger partial charge in [0.25, 0.3) is 5.91 Å². The molecule has 0 aliphatic rings. The molecular weight excluding hydrogens is 454 g/mol. The van der Waals surface area contributed by atoms with E-state index in [1.807, 2.05) is 42.5 Å². The van der Waals surface area contributed by atoms with E-state index in [0.717, 1.165) is 30.6 Å². The van der Waals surface area contributed by atoms with Crippen LogP contribution in [0.25, 0.3) is 21.1 Å². The average molecular weight is 472 g/mol. The molecule has 2 aromatic carbocycles. The minimum absolute atomic E-state index is 0.279. The van der Waals surface area contributed by atoms with Crippen LogP contribution in [-0.4, -0.2) is 39.9 Å². The fourth-order valence-electron chi connectivity index (χ4n) is 3.11. The van der Waals surface area contributed by atoms with Gasteiger partial charge in [-0.05, 0) is 37.3 Å². The molecule has 0 saturated heterocycles. The van der Waals surface area contributed by atoms with Gasteiger partial charge in [-0.15, -0.1) is 11.3 Å². The summed E-state index contributed by atoms with van der Waals surface area (Å²) in [4.78, 5) is 34.4. The first-order valence-electron chi connectivity index (χ1n) is 8.99. The Bertz CT molecular complexity index is 1180. The molecule has 0 spiro atoms. The number of aromatic nitrogens is 2. The van der Waals surface area contributed by atoms with Crippen molar-refractivity contribution in [2.24, 2.45) is 0 Å². The van der Waals surface area contributed by atoms with Gasteiger partial charge in [0.05, 0.1) is 22.3 Å². The third kappa shape index (κ3) is 4.04. The molecule has 148 valence electrons. The van der Waals surface area contributed by atoms with Crippen molar-refractivity contribution in [1.82, 2.24) is 14.9 Å². The summed E-state index contributed by atoms with van der Waals surface area (Å²) in [5, 5.41) is 1.58. The molecule has 1 unspecified atom stereocenters. The highest BCUT2D eigenvalue weighted by atomic mass is 79.9. The van der Waals surface area contributed by atoms with Crippen LogP contribution >= 0.6 is 27.3 Å². The maximum absolute atomic E-state index is 12.7. The van der Waals surface area contributed by atoms with E-state index in [9.17, 15) is 9.59 Å². The molecule has 0 aliphatic carbocycles. The summed E-state index contributed by atoms with van der Waals surface area (Å²) in [6, 6.07) is 13.4. The highest BCUT2D eigenvalue weighted by Crippen LogP contribution is 2.24. The number of esters is 1. The first-order chi connectivity index (χ1) is 13.9. The number of ether oxygens (including phenoxy) is 1. The number of fused-ring (bicyclic) bond motifs is 2. The SMILES string of the molecule is CC(OC(=O)c1c[nH]c2ccc(Br)cc12)C(=O)N(C)Cc1nc2ccccc2s1. The number of nitrogens with zero attached hydrogens (tertiary/aromatic N) is 2. The first kappa shape index (κ1) is 19.6. The maximum Gasteiger partial charge on any atom is 0.341 e. The summed E-state index contributed by atoms with van der Waals surface area (Å²) in [5.74, 6) is -0.817. The number of carbonyl (C=O) groups excluding carboxylic acids is 2. The quantitative estimate of drug-likeness (QED) is 0.426. The Balaban J connectivity index is 1.44. The van der Waals surface area contributed by atoms with E-state index < -0.39 is 12.1 Å². The predicted octanol–water partition coefficient (Wildman–Crippen LogP) is 4.74. The zero-order valence-electron chi connectivity index (χ0n) is 15.8. The summed E-state index contributed by atoms with van der Waals surface area (Å²) in [6.45, 7) is 1.94. The second-order valence-corrected chi connectivity index (χ2v) is 8.74. The van der Waals surface area contributed by atoms with Gasteiger partial charge in [-0.25, -0.2) is 9.78 Å². The lowest BCUT2D eigenvalue weighted by molar-refractivity contribution is -0.139. The second kappa shape index (κ2) is 7.96. The lowest BCUT2D eigenvalue weighted by Gasteiger charge is -2.20. The molecule has 4 rings (SSSR count). The lowest BCUT2D eigenvalue weighted by Crippen LogP contribution is -2.37. The van der Waals surface area contributed by atoms with E-state index in [4.69, 9.17) is 4.74 Å². The summed E-state index contributed by atoms with van der Waals surface area (Å²) in [5.41, 5.74) is 2.14. The summed E-state index contributed by atoms with van der Waals surface area (Å²) < 4.78 is 7.38. The molecule has 2 heterocycles. The molecular formula is C21H18BrN3O3S. The number of hydrogen-bond donors (Lipinski definition) is 1. The van der Waals surface area contributed by atoms with Gasteiger partial charge in [0, 0.05) is 28.6 Å². The molecule has 0 fully saturated rings. The Kier molecular flexibility index (Phi) is 5.38. The van der Waals surface area contributed by atoms with Crippen LogP contribution in [0.15, 0.2) is 53.1 Å². The number of para-hydroxylation sites is 1. The van der Waals surface area contributed by atoms with Gasteiger partial charge < -0.3 is 14.6 Å². The number of amides is 1. The molecule has 0 aliphatic heterocycles. The van der Waals surface area contributed by atoms with Gasteiger partial charge >= 0.3 is 5.97 Å². The Morgan fingerprint density at radius 2 is 2.07 bits per heavy atom. The van der Waals surface area contributed by atoms with Crippen LogP contribution in [-0.2, 0) is 16.1 Å². The van der Waals surface area contributed by atoms with Gasteiger partial charge in [0.15, 0.2) is 6.10 Å². The number of aromatic amines is 1. The third-order valence-corrected chi connectivity index (χ3v) is 6.10. The molecule has 4 aromatic rings. The minimum Gasteiger partial charge on any atom is -0.449 e. The number of halogens is 1. The summed E-state index contributed by atoms with van der Waals surface area (Å²) in [7, 11) is 1.68. The van der Waals surface area contributed by atoms with E-state index in [-0.39, 0.29) is 5.91 Å². The molecule has 0 saturated carbocycles. The highest BCUT2D eigenvalue weighted by molar-refractivity contribution is 9.10. The molecule has 1 amide bonds. The van der Waals surface area contributed by atoms with Crippen molar-refractivity contribution in [3.05, 3.63) is 63.7 Å². The first-order valence-corrected chi connectivity index (χ1v) is 10.6. The van der Waals surface area contributed by atoms with Crippen molar-refractivity contribution in [3.63, 3.8) is 0 Å². The number of benzene rings is 2. The van der Waals surface area contributed by atoms with E-state index >= 15 is 0 Å². The Morgan fingerprint density at radius 1 is 1.28 bits per heavy atom. The standard InChI is InChI=1S/C21H18BrN3O3S/c1-12(28-21(27)15-10-23-16-8-7-13(22)9-14(15)16)20(26)25(2)11-19-24-17-5-3-4-6-18(17)29-19/h3-10,12,23H,11H2,1-2H3. The van der Waals surface area contributed by atoms with Crippen LogP contribution in [0.2, 0.25) is 0 Å². The molecule has 1 atom stereocenters. The third-order valence-electron chi connectivity index (χ3n) is 4.58. The molecule has 1 N–H and O–H groups in total. The largest absolute Gasteiger partial charge is 0.449 e. The maximum atomic E-state index is 12.7. The Morgan fingerprint density at radius 3 is 2.86 bits per heavy atom. The van der Waals surface area contributed by atoms with Crippen molar-refractivity contribution < 1.29 is 14.3 Å². The average Bonchev–Trinajstić information content (AvgIpc) is 3.30. The lowest BCUT2D eigenvalue weighted by atomic mass is 10.2. The topological polar surface area (TPSA) is 75.3 Å². The second-order valence-electron chi connectivity index (χ2n) is 6.71. The van der Waals surface area contributed by atoms with Crippen molar-refractivity contribution in [2.45, 2.75) is 19.6 Å². The van der Waals surface area contributed by atoms with Gasteiger partial charge in [-0.2, -0.15) is 0 Å². The number of rotatable bonds is 5. The van der Waals surface area contributed by atoms with E-state index in [0.29, 0.717) is 12.1 Å². The molecule has 6 nitrogen and oxygen atoms in total. The van der Waals surface area contributed by atoms with Crippen molar-refractivity contribution in [2.75, 3.05) is 7.05 Å². The van der Waals surface area contributed by atoms with Crippen molar-refractivity contribution >= 4 is 60.3 Å². The number of likely N-dealkylation sites (N-methyl/N-ethyl adjacent to an activating group) is 1. The van der Waals surface area contributed by atoms with Crippen LogP contribution in [0.5, 0.6) is 0 Å². The molecule has 2 aromatic heterocycles. The zero-order chi connectivity index (χ0) is 20.5. The summed E-state index contributed by atoms with van der Waals surface area (Å²) >= 11 is 4.95. The zero-order valence-corrected chi connectivity index (χ0v) is 18.2. The van der Waals surface area contributed by atoms with Gasteiger partial charge in [0.2, 0.25) is 0 Å². The number of thiazole rings is 1. The van der Waals surface area contributed by atoms with Crippen molar-refractivity contribution in [1.29, 1.82) is 0 Å². The Labute approximate surface area is 179 Å². The van der Waals surface area contributed by atoms with Crippen LogP contribution in [0.3, 0.4) is 0 Å². The number of carbonyl (C=O) groups is 2. The van der Waals surface area contributed by atoms with E-state index in [1.165, 1.54) is 4.90 Å². The molecule has 0 radical (unpaired) electrons. The van der Waals surface area contributed by atoms with Crippen molar-refractivity contribution in [3.8, 4) is 0 Å². The summed E-state index contributed by atoms with van der Waals surface area (Å²) in [6.07, 6.45) is 0.695. The monoisotopic (exact) mass is 471 g/mol. The molecule has 29 heavy (non-hydrogen) atoms. The van der Waals surface area contributed by atoms with Crippen LogP contribution in [0, 0.1) is 0 Å². The molecule has 0 bridgehead atoms. The number of hydrogen-bond acceptors (Lipinski definition) is 5. The van der Waals surface area contributed by atoms with Crippen LogP contribution < -0.4 is 0 Å². The van der Waals surface area contributed by atoms with Gasteiger partial charge in [-0.1, -0.05) is 28.1 Å². The van der Waals surface area contributed by atoms with Gasteiger partial charge in [0.1, 0.15) is 5.01 Å². The molecule has 8 heteroatoms. The fourth-order valence-corrected chi connectivity index (χ4v) is 4.50. The number of nitrogens with one attached hydrogen (secondary N) is 1. The smallest absolute Gasteiger partial charge is 0.341 e. The van der Waals surface area contributed by atoms with Crippen LogP contribution in [0.1, 0.15) is 22.3 Å². The van der Waals surface area contributed by atoms with Gasteiger partial charge in [-0.3, -0.25) is 4.79 Å². The fraction of sp³-hybridized carbons (Fsp3) is 0.190. The Hall–Kier alpha value is -2.71. The van der Waals surface area contributed by atoms with Crippen LogP contribution in [0.4, 0.5) is 0 Å². The predicted molar refractivity (Wildman–Crippen MR) is 117 cm³/mol. The normalized spacial score (nSPS) is 12.2. The highest BCUT2D eigenvalue weighted by Gasteiger charge is 2.24.